The molecule has 0 heterocycles. The molecule has 0 saturated heterocycles. The Morgan fingerprint density at radius 2 is 1.53 bits per heavy atom. The highest BCUT2D eigenvalue weighted by molar-refractivity contribution is 5.69. The number of esters is 1. The molecule has 0 aromatic heterocycles. The van der Waals surface area contributed by atoms with E-state index in [1.54, 1.807) is 6.08 Å². The molecule has 0 N–H and O–H groups in total. The Morgan fingerprint density at radius 3 is 2.12 bits per heavy atom. The second-order valence-corrected chi connectivity index (χ2v) is 7.36. The summed E-state index contributed by atoms with van der Waals surface area (Å²) in [6.07, 6.45) is 16.2. The summed E-state index contributed by atoms with van der Waals surface area (Å²) in [5, 5.41) is 0. The van der Waals surface area contributed by atoms with Gasteiger partial charge in [-0.25, -0.2) is 0 Å². The third kappa shape index (κ3) is 14.3. The minimum atomic E-state index is -4.37. The quantitative estimate of drug-likeness (QED) is 0.166. The standard InChI is InChI=1S/C26H33F3O3/c1-22(2)32-25(30)19-14-12-10-8-6-4-3-5-7-9-11-13-15-20-31-24-18-16-17-23(21-24)26(27,28)29/h3-4,7-10,13,15-18,21-22H,5-6,11-12,14,19-20H2,1-2H3/b4-3-,9-7-,10-8-,15-13-. The fourth-order valence-corrected chi connectivity index (χ4v) is 2.59. The molecule has 1 aromatic rings. The fraction of sp³-hybridized carbons (Fsp3) is 0.423. The van der Waals surface area contributed by atoms with Crippen molar-refractivity contribution in [1.29, 1.82) is 0 Å². The van der Waals surface area contributed by atoms with Crippen LogP contribution < -0.4 is 4.74 Å². The molecule has 0 spiro atoms. The molecule has 0 saturated carbocycles. The van der Waals surface area contributed by atoms with E-state index in [1.165, 1.54) is 12.1 Å². The van der Waals surface area contributed by atoms with Gasteiger partial charge in [-0.2, -0.15) is 13.2 Å². The van der Waals surface area contributed by atoms with Crippen LogP contribution in [0.1, 0.15) is 57.9 Å². The average molecular weight is 451 g/mol. The van der Waals surface area contributed by atoms with Gasteiger partial charge >= 0.3 is 12.1 Å². The molecule has 0 radical (unpaired) electrons. The Bertz CT molecular complexity index is 775. The van der Waals surface area contributed by atoms with Crippen molar-refractivity contribution >= 4 is 5.97 Å². The van der Waals surface area contributed by atoms with Crippen LogP contribution in [-0.2, 0) is 15.7 Å². The van der Waals surface area contributed by atoms with Crippen LogP contribution in [0.4, 0.5) is 13.2 Å². The van der Waals surface area contributed by atoms with Crippen molar-refractivity contribution in [1.82, 2.24) is 0 Å². The number of carbonyl (C=O) groups is 1. The molecule has 0 bridgehead atoms. The highest BCUT2D eigenvalue weighted by atomic mass is 19.4. The Kier molecular flexibility index (Phi) is 13.6. The molecule has 0 aliphatic heterocycles. The summed E-state index contributed by atoms with van der Waals surface area (Å²) < 4.78 is 48.3. The Hall–Kier alpha value is -2.76. The first-order chi connectivity index (χ1) is 15.3. The summed E-state index contributed by atoms with van der Waals surface area (Å²) in [5.41, 5.74) is -0.714. The van der Waals surface area contributed by atoms with Crippen molar-refractivity contribution in [2.24, 2.45) is 0 Å². The highest BCUT2D eigenvalue weighted by Gasteiger charge is 2.30. The van der Waals surface area contributed by atoms with Gasteiger partial charge in [0.2, 0.25) is 0 Å². The van der Waals surface area contributed by atoms with Gasteiger partial charge in [-0.15, -0.1) is 0 Å². The topological polar surface area (TPSA) is 35.5 Å². The lowest BCUT2D eigenvalue weighted by Crippen LogP contribution is -2.10. The number of hydrogen-bond donors (Lipinski definition) is 0. The molecule has 0 amide bonds. The van der Waals surface area contributed by atoms with Gasteiger partial charge in [0.05, 0.1) is 11.7 Å². The van der Waals surface area contributed by atoms with Gasteiger partial charge < -0.3 is 9.47 Å². The van der Waals surface area contributed by atoms with Crippen LogP contribution in [0.2, 0.25) is 0 Å². The van der Waals surface area contributed by atoms with Gasteiger partial charge in [0, 0.05) is 6.42 Å². The number of halogens is 3. The minimum Gasteiger partial charge on any atom is -0.490 e. The van der Waals surface area contributed by atoms with E-state index < -0.39 is 11.7 Å². The van der Waals surface area contributed by atoms with E-state index in [9.17, 15) is 18.0 Å². The van der Waals surface area contributed by atoms with Gasteiger partial charge in [-0.3, -0.25) is 4.79 Å². The molecule has 32 heavy (non-hydrogen) atoms. The van der Waals surface area contributed by atoms with Gasteiger partial charge in [0.15, 0.2) is 0 Å². The van der Waals surface area contributed by atoms with E-state index in [-0.39, 0.29) is 24.4 Å². The number of carbonyl (C=O) groups excluding carboxylic acids is 1. The second kappa shape index (κ2) is 16.0. The predicted octanol–water partition coefficient (Wildman–Crippen LogP) is 7.60. The van der Waals surface area contributed by atoms with Crippen LogP contribution in [0.5, 0.6) is 5.75 Å². The molecule has 1 rings (SSSR count). The number of hydrogen-bond acceptors (Lipinski definition) is 3. The normalized spacial score (nSPS) is 12.7. The van der Waals surface area contributed by atoms with Crippen LogP contribution >= 0.6 is 0 Å². The number of ether oxygens (including phenoxy) is 2. The third-order valence-corrected chi connectivity index (χ3v) is 4.11. The highest BCUT2D eigenvalue weighted by Crippen LogP contribution is 2.31. The molecule has 0 atom stereocenters. The Morgan fingerprint density at radius 1 is 0.938 bits per heavy atom. The fourth-order valence-electron chi connectivity index (χ4n) is 2.59. The maximum Gasteiger partial charge on any atom is 0.416 e. The number of alkyl halides is 3. The monoisotopic (exact) mass is 450 g/mol. The van der Waals surface area contributed by atoms with Crippen LogP contribution in [0.3, 0.4) is 0 Å². The molecule has 3 nitrogen and oxygen atoms in total. The van der Waals surface area contributed by atoms with Gasteiger partial charge in [0.1, 0.15) is 12.4 Å². The largest absolute Gasteiger partial charge is 0.490 e. The summed E-state index contributed by atoms with van der Waals surface area (Å²) in [6, 6.07) is 4.86. The Labute approximate surface area is 189 Å². The summed E-state index contributed by atoms with van der Waals surface area (Å²) in [5.74, 6) is 0.0611. The molecule has 0 unspecified atom stereocenters. The third-order valence-electron chi connectivity index (χ3n) is 4.11. The van der Waals surface area contributed by atoms with Gasteiger partial charge in [-0.1, -0.05) is 54.7 Å². The number of benzene rings is 1. The number of allylic oxidation sites excluding steroid dienone is 7. The summed E-state index contributed by atoms with van der Waals surface area (Å²) in [7, 11) is 0. The van der Waals surface area contributed by atoms with Crippen LogP contribution in [0.25, 0.3) is 0 Å². The zero-order chi connectivity index (χ0) is 23.7. The SMILES string of the molecule is CC(C)OC(=O)CCC/C=C\C/C=C\C/C=C\C/C=C\COc1cccc(C(F)(F)F)c1. The number of rotatable bonds is 14. The zero-order valence-corrected chi connectivity index (χ0v) is 18.8. The maximum atomic E-state index is 12.6. The van der Waals surface area contributed by atoms with E-state index in [2.05, 4.69) is 30.4 Å². The molecular weight excluding hydrogens is 417 g/mol. The molecular formula is C26H33F3O3. The van der Waals surface area contributed by atoms with Gasteiger partial charge in [-0.05, 0) is 64.2 Å². The molecule has 0 aliphatic carbocycles. The Balaban J connectivity index is 2.07. The van der Waals surface area contributed by atoms with Crippen molar-refractivity contribution in [2.45, 2.75) is 64.7 Å². The van der Waals surface area contributed by atoms with Crippen molar-refractivity contribution in [3.63, 3.8) is 0 Å². The summed E-state index contributed by atoms with van der Waals surface area (Å²) >= 11 is 0. The van der Waals surface area contributed by atoms with Crippen molar-refractivity contribution in [2.75, 3.05) is 6.61 Å². The molecule has 0 aliphatic rings. The smallest absolute Gasteiger partial charge is 0.416 e. The van der Waals surface area contributed by atoms with Crippen LogP contribution in [-0.4, -0.2) is 18.7 Å². The first-order valence-electron chi connectivity index (χ1n) is 10.9. The molecule has 176 valence electrons. The average Bonchev–Trinajstić information content (AvgIpc) is 2.72. The van der Waals surface area contributed by atoms with E-state index in [1.807, 2.05) is 26.0 Å². The van der Waals surface area contributed by atoms with Gasteiger partial charge in [0.25, 0.3) is 0 Å². The summed E-state index contributed by atoms with van der Waals surface area (Å²) in [6.45, 7) is 3.92. The summed E-state index contributed by atoms with van der Waals surface area (Å²) in [4.78, 5) is 11.4. The zero-order valence-electron chi connectivity index (χ0n) is 18.8. The van der Waals surface area contributed by atoms with E-state index in [4.69, 9.17) is 9.47 Å². The van der Waals surface area contributed by atoms with Crippen LogP contribution in [0.15, 0.2) is 72.9 Å². The molecule has 6 heteroatoms. The van der Waals surface area contributed by atoms with Crippen LogP contribution in [0, 0.1) is 0 Å². The van der Waals surface area contributed by atoms with E-state index in [0.29, 0.717) is 6.42 Å². The first kappa shape index (κ1) is 27.3. The minimum absolute atomic E-state index is 0.0553. The lowest BCUT2D eigenvalue weighted by molar-refractivity contribution is -0.147. The van der Waals surface area contributed by atoms with E-state index in [0.717, 1.165) is 44.2 Å². The van der Waals surface area contributed by atoms with Crippen molar-refractivity contribution in [3.8, 4) is 5.75 Å². The first-order valence-corrected chi connectivity index (χ1v) is 10.9. The predicted molar refractivity (Wildman–Crippen MR) is 122 cm³/mol. The van der Waals surface area contributed by atoms with Crippen molar-refractivity contribution in [3.05, 3.63) is 78.4 Å². The maximum absolute atomic E-state index is 12.6. The van der Waals surface area contributed by atoms with Crippen molar-refractivity contribution < 1.29 is 27.4 Å². The second-order valence-electron chi connectivity index (χ2n) is 7.36. The lowest BCUT2D eigenvalue weighted by Gasteiger charge is -2.08. The molecule has 0 fully saturated rings. The van der Waals surface area contributed by atoms with E-state index >= 15 is 0 Å². The lowest BCUT2D eigenvalue weighted by atomic mass is 10.2. The molecule has 1 aromatic carbocycles. The number of unbranched alkanes of at least 4 members (excludes halogenated alkanes) is 1.